The van der Waals surface area contributed by atoms with Gasteiger partial charge in [-0.05, 0) is 19.8 Å². The van der Waals surface area contributed by atoms with Crippen LogP contribution < -0.4 is 5.32 Å². The molecule has 1 aliphatic carbocycles. The van der Waals surface area contributed by atoms with Gasteiger partial charge in [0.25, 0.3) is 0 Å². The van der Waals surface area contributed by atoms with E-state index in [1.807, 2.05) is 11.8 Å². The van der Waals surface area contributed by atoms with Crippen LogP contribution in [0.1, 0.15) is 19.8 Å². The smallest absolute Gasteiger partial charge is 0.317 e. The van der Waals surface area contributed by atoms with E-state index in [4.69, 9.17) is 0 Å². The maximum atomic E-state index is 11.5. The molecule has 0 spiro atoms. The zero-order valence-electron chi connectivity index (χ0n) is 8.83. The highest BCUT2D eigenvalue weighted by molar-refractivity contribution is 5.74. The van der Waals surface area contributed by atoms with Crippen molar-refractivity contribution in [3.8, 4) is 0 Å². The lowest BCUT2D eigenvalue weighted by molar-refractivity contribution is 0.135. The molecule has 0 radical (unpaired) electrons. The Morgan fingerprint density at radius 2 is 1.93 bits per heavy atom. The Bertz CT molecular complexity index is 207. The third-order valence-corrected chi connectivity index (χ3v) is 2.99. The number of urea groups is 1. The Morgan fingerprint density at radius 1 is 1.29 bits per heavy atom. The molecule has 4 nitrogen and oxygen atoms in total. The van der Waals surface area contributed by atoms with Crippen molar-refractivity contribution >= 4 is 6.03 Å². The van der Waals surface area contributed by atoms with Gasteiger partial charge in [0.1, 0.15) is 0 Å². The van der Waals surface area contributed by atoms with E-state index in [0.717, 1.165) is 38.8 Å². The van der Waals surface area contributed by atoms with E-state index >= 15 is 0 Å². The molecule has 1 saturated carbocycles. The van der Waals surface area contributed by atoms with Crippen molar-refractivity contribution in [2.45, 2.75) is 25.8 Å². The second-order valence-corrected chi connectivity index (χ2v) is 4.09. The van der Waals surface area contributed by atoms with E-state index in [9.17, 15) is 4.79 Å². The molecule has 4 heteroatoms. The second kappa shape index (κ2) is 4.17. The normalized spacial score (nSPS) is 23.6. The molecular formula is C10H19N3O. The van der Waals surface area contributed by atoms with Crippen molar-refractivity contribution in [2.24, 2.45) is 0 Å². The number of rotatable bonds is 2. The van der Waals surface area contributed by atoms with Gasteiger partial charge in [0, 0.05) is 38.8 Å². The van der Waals surface area contributed by atoms with Crippen LogP contribution in [0.5, 0.6) is 0 Å². The molecule has 0 bridgehead atoms. The van der Waals surface area contributed by atoms with E-state index < -0.39 is 0 Å². The molecule has 0 unspecified atom stereocenters. The minimum Gasteiger partial charge on any atom is -0.338 e. The number of amides is 2. The van der Waals surface area contributed by atoms with Gasteiger partial charge in [-0.1, -0.05) is 0 Å². The van der Waals surface area contributed by atoms with Crippen molar-refractivity contribution in [1.82, 2.24) is 15.1 Å². The Kier molecular flexibility index (Phi) is 2.91. The maximum Gasteiger partial charge on any atom is 0.317 e. The van der Waals surface area contributed by atoms with Crippen molar-refractivity contribution in [1.29, 1.82) is 0 Å². The molecule has 0 aromatic rings. The molecule has 1 heterocycles. The minimum atomic E-state index is 0.1000. The summed E-state index contributed by atoms with van der Waals surface area (Å²) in [6.45, 7) is 6.58. The first-order valence-electron chi connectivity index (χ1n) is 5.58. The molecule has 2 amide bonds. The van der Waals surface area contributed by atoms with Gasteiger partial charge in [-0.2, -0.15) is 0 Å². The maximum absolute atomic E-state index is 11.5. The van der Waals surface area contributed by atoms with Crippen molar-refractivity contribution in [2.75, 3.05) is 32.7 Å². The largest absolute Gasteiger partial charge is 0.338 e. The van der Waals surface area contributed by atoms with Crippen LogP contribution in [0.25, 0.3) is 0 Å². The lowest BCUT2D eigenvalue weighted by atomic mass is 10.3. The number of hydrogen-bond donors (Lipinski definition) is 1. The quantitative estimate of drug-likeness (QED) is 0.699. The van der Waals surface area contributed by atoms with Crippen LogP contribution >= 0.6 is 0 Å². The highest BCUT2D eigenvalue weighted by atomic mass is 16.2. The fourth-order valence-electron chi connectivity index (χ4n) is 1.99. The van der Waals surface area contributed by atoms with Gasteiger partial charge < -0.3 is 10.2 Å². The third-order valence-electron chi connectivity index (χ3n) is 2.99. The van der Waals surface area contributed by atoms with Crippen molar-refractivity contribution in [3.05, 3.63) is 0 Å². The molecule has 14 heavy (non-hydrogen) atoms. The predicted molar refractivity (Wildman–Crippen MR) is 55.2 cm³/mol. The first-order valence-corrected chi connectivity index (χ1v) is 5.58. The third kappa shape index (κ3) is 2.18. The molecule has 2 aliphatic rings. The molecule has 80 valence electrons. The summed E-state index contributed by atoms with van der Waals surface area (Å²) in [4.78, 5) is 15.9. The van der Waals surface area contributed by atoms with E-state index in [1.54, 1.807) is 0 Å². The number of nitrogens with zero attached hydrogens (tertiary/aromatic N) is 2. The Morgan fingerprint density at radius 3 is 2.43 bits per heavy atom. The van der Waals surface area contributed by atoms with Gasteiger partial charge in [-0.15, -0.1) is 0 Å². The summed E-state index contributed by atoms with van der Waals surface area (Å²) in [6.07, 6.45) is 2.72. The van der Waals surface area contributed by atoms with Gasteiger partial charge in [-0.25, -0.2) is 4.79 Å². The fraction of sp³-hybridized carbons (Fsp3) is 0.900. The monoisotopic (exact) mass is 197 g/mol. The van der Waals surface area contributed by atoms with E-state index in [1.165, 1.54) is 12.8 Å². The average molecular weight is 197 g/mol. The van der Waals surface area contributed by atoms with Crippen LogP contribution in [0.2, 0.25) is 0 Å². The molecule has 0 aromatic carbocycles. The van der Waals surface area contributed by atoms with Gasteiger partial charge in [-0.3, -0.25) is 4.90 Å². The summed E-state index contributed by atoms with van der Waals surface area (Å²) >= 11 is 0. The summed E-state index contributed by atoms with van der Waals surface area (Å²) in [5.41, 5.74) is 0. The van der Waals surface area contributed by atoms with Crippen molar-refractivity contribution < 1.29 is 4.79 Å². The Hall–Kier alpha value is -0.770. The van der Waals surface area contributed by atoms with Crippen LogP contribution in [-0.2, 0) is 0 Å². The molecule has 2 fully saturated rings. The lowest BCUT2D eigenvalue weighted by Gasteiger charge is -2.34. The predicted octanol–water partition coefficient (Wildman–Crippen LogP) is 0.496. The number of nitrogens with one attached hydrogen (secondary N) is 1. The molecule has 0 atom stereocenters. The van der Waals surface area contributed by atoms with Crippen LogP contribution in [0.4, 0.5) is 4.79 Å². The highest BCUT2D eigenvalue weighted by Gasteiger charge is 2.31. The highest BCUT2D eigenvalue weighted by Crippen LogP contribution is 2.27. The Labute approximate surface area is 85.2 Å². The SMILES string of the molecule is CCNC(=O)N1CCN(C2CC2)CC1. The topological polar surface area (TPSA) is 35.6 Å². The van der Waals surface area contributed by atoms with E-state index in [0.29, 0.717) is 0 Å². The molecule has 2 rings (SSSR count). The lowest BCUT2D eigenvalue weighted by Crippen LogP contribution is -2.52. The van der Waals surface area contributed by atoms with Crippen LogP contribution in [0, 0.1) is 0 Å². The summed E-state index contributed by atoms with van der Waals surface area (Å²) in [5.74, 6) is 0. The van der Waals surface area contributed by atoms with Crippen LogP contribution in [-0.4, -0.2) is 54.6 Å². The standard InChI is InChI=1S/C10H19N3O/c1-2-11-10(14)13-7-5-12(6-8-13)9-3-4-9/h9H,2-8H2,1H3,(H,11,14). The number of carbonyl (C=O) groups is 1. The first-order chi connectivity index (χ1) is 6.81. The zero-order valence-corrected chi connectivity index (χ0v) is 8.83. The molecule has 0 aromatic heterocycles. The van der Waals surface area contributed by atoms with Gasteiger partial charge in [0.15, 0.2) is 0 Å². The molecular weight excluding hydrogens is 178 g/mol. The van der Waals surface area contributed by atoms with E-state index in [2.05, 4.69) is 10.2 Å². The van der Waals surface area contributed by atoms with Crippen LogP contribution in [0.15, 0.2) is 0 Å². The van der Waals surface area contributed by atoms with Gasteiger partial charge >= 0.3 is 6.03 Å². The van der Waals surface area contributed by atoms with Crippen molar-refractivity contribution in [3.63, 3.8) is 0 Å². The summed E-state index contributed by atoms with van der Waals surface area (Å²) in [6, 6.07) is 0.939. The summed E-state index contributed by atoms with van der Waals surface area (Å²) in [7, 11) is 0. The van der Waals surface area contributed by atoms with Gasteiger partial charge in [0.2, 0.25) is 0 Å². The zero-order chi connectivity index (χ0) is 9.97. The fourth-order valence-corrected chi connectivity index (χ4v) is 1.99. The molecule has 1 aliphatic heterocycles. The summed E-state index contributed by atoms with van der Waals surface area (Å²) < 4.78 is 0. The summed E-state index contributed by atoms with van der Waals surface area (Å²) in [5, 5.41) is 2.84. The number of carbonyl (C=O) groups excluding carboxylic acids is 1. The molecule has 1 N–H and O–H groups in total. The Balaban J connectivity index is 1.74. The van der Waals surface area contributed by atoms with Gasteiger partial charge in [0.05, 0.1) is 0 Å². The number of piperazine rings is 1. The minimum absolute atomic E-state index is 0.1000. The average Bonchev–Trinajstić information content (AvgIpc) is 3.02. The van der Waals surface area contributed by atoms with Crippen LogP contribution in [0.3, 0.4) is 0 Å². The second-order valence-electron chi connectivity index (χ2n) is 4.09. The number of hydrogen-bond acceptors (Lipinski definition) is 2. The first kappa shape index (κ1) is 9.77. The molecule has 1 saturated heterocycles. The van der Waals surface area contributed by atoms with E-state index in [-0.39, 0.29) is 6.03 Å².